The molecule has 6 aliphatic rings. The molecular weight excluding hydrogens is 867 g/mol. The van der Waals surface area contributed by atoms with Crippen LogP contribution in [0.15, 0.2) is 33.1 Å². The molecule has 3 N–H and O–H groups in total. The molecule has 1 saturated heterocycles. The Morgan fingerprint density at radius 2 is 1.63 bits per heavy atom. The van der Waals surface area contributed by atoms with Crippen LogP contribution >= 0.6 is 0 Å². The van der Waals surface area contributed by atoms with E-state index in [4.69, 9.17) is 19.7 Å². The quantitative estimate of drug-likeness (QED) is 0.0654. The second kappa shape index (κ2) is 18.2. The maximum atomic E-state index is 14.5. The molecule has 376 valence electrons. The Labute approximate surface area is 401 Å². The number of carbonyl (C=O) groups excluding carboxylic acids is 3. The molecule has 0 radical (unpaired) electrons. The summed E-state index contributed by atoms with van der Waals surface area (Å²) in [6.45, 7) is 27.4. The smallest absolute Gasteiger partial charge is 0.330 e. The molecule has 5 saturated carbocycles. The average Bonchev–Trinajstić information content (AvgIpc) is 3.80. The molecule has 0 bridgehead atoms. The van der Waals surface area contributed by atoms with E-state index in [0.717, 1.165) is 64.2 Å². The Morgan fingerprint density at radius 3 is 2.29 bits per heavy atom. The molecule has 5 aliphatic carbocycles. The zero-order chi connectivity index (χ0) is 50.2. The van der Waals surface area contributed by atoms with E-state index in [1.807, 2.05) is 13.8 Å². The number of carbonyl (C=O) groups is 4. The molecule has 1 aliphatic heterocycles. The van der Waals surface area contributed by atoms with E-state index in [1.54, 1.807) is 20.8 Å². The van der Waals surface area contributed by atoms with Gasteiger partial charge >= 0.3 is 23.6 Å². The fraction of sp³-hybridized carbons (Fsp3) is 0.811. The first-order valence-corrected chi connectivity index (χ1v) is 25.3. The highest BCUT2D eigenvalue weighted by molar-refractivity contribution is 5.82. The first kappa shape index (κ1) is 51.6. The lowest BCUT2D eigenvalue weighted by Gasteiger charge is -2.73. The average molecular weight is 947 g/mol. The van der Waals surface area contributed by atoms with E-state index < -0.39 is 58.4 Å². The number of rotatable bonds is 15. The number of ether oxygens (including phenoxy) is 3. The number of ketones is 1. The Hall–Kier alpha value is -4.23. The van der Waals surface area contributed by atoms with Crippen molar-refractivity contribution in [3.8, 4) is 0 Å². The Balaban J connectivity index is 1.01. The number of nitrogens with one attached hydrogen (secondary N) is 2. The van der Waals surface area contributed by atoms with Gasteiger partial charge in [-0.1, -0.05) is 60.6 Å². The standard InChI is InChI=1S/C53H79N5O10/c1-30(2)33-15-20-53(25-32(59)24-47(4,5)26-41(60)66-29-36-35(56-57-54)23-40(67-36)58-28-31(3)44(62)55-46(58)65)22-21-51(11)34(43(33)53)13-14-38-50(10)18-17-39(68-42(61)27-48(6,7)45(63)64)49(8,9)37(50)16-19-52(38,51)12/h28,33-40,43,54H,1,13-27,29H2,2-12H3,(H-,55,62,63,64,65)/p+1/t33-,34+,35?,36?,37-,38+,39-,40?,43+,50-,51+,52+,53+/m0/s1. The van der Waals surface area contributed by atoms with E-state index in [-0.39, 0.29) is 71.3 Å². The second-order valence-electron chi connectivity index (χ2n) is 25.3. The van der Waals surface area contributed by atoms with Crippen molar-refractivity contribution in [1.82, 2.24) is 14.5 Å². The number of aryl methyl sites for hydroxylation is 1. The number of carboxylic acid groups (broad SMARTS) is 1. The summed E-state index contributed by atoms with van der Waals surface area (Å²) < 4.78 is 19.3. The number of carboxylic acids is 1. The van der Waals surface area contributed by atoms with Gasteiger partial charge in [-0.3, -0.25) is 33.5 Å². The first-order chi connectivity index (χ1) is 31.5. The van der Waals surface area contributed by atoms with E-state index >= 15 is 0 Å². The molecule has 1 aromatic rings. The van der Waals surface area contributed by atoms with Crippen LogP contribution in [0.3, 0.4) is 0 Å². The summed E-state index contributed by atoms with van der Waals surface area (Å²) in [5, 5.41) is 13.6. The molecule has 15 heteroatoms. The molecule has 0 aromatic carbocycles. The minimum absolute atomic E-state index is 0.0198. The van der Waals surface area contributed by atoms with Crippen LogP contribution in [0.25, 0.3) is 0 Å². The number of aliphatic carboxylic acids is 1. The third kappa shape index (κ3) is 9.05. The van der Waals surface area contributed by atoms with Gasteiger partial charge in [-0.05, 0) is 149 Å². The van der Waals surface area contributed by atoms with Crippen LogP contribution in [0, 0.1) is 79.9 Å². The van der Waals surface area contributed by atoms with E-state index in [1.165, 1.54) is 16.3 Å². The zero-order valence-corrected chi connectivity index (χ0v) is 42.8. The van der Waals surface area contributed by atoms with Crippen LogP contribution in [0.1, 0.15) is 177 Å². The lowest BCUT2D eigenvalue weighted by atomic mass is 9.32. The van der Waals surface area contributed by atoms with Crippen molar-refractivity contribution in [2.24, 2.45) is 72.6 Å². The van der Waals surface area contributed by atoms with Crippen molar-refractivity contribution in [1.29, 1.82) is 5.53 Å². The number of allylic oxidation sites excluding steroid dienone is 1. The van der Waals surface area contributed by atoms with Crippen LogP contribution in [0.2, 0.25) is 0 Å². The molecule has 1 aromatic heterocycles. The van der Waals surface area contributed by atoms with Gasteiger partial charge in [-0.25, -0.2) is 4.79 Å². The molecule has 3 unspecified atom stereocenters. The number of fused-ring (bicyclic) bond motifs is 7. The molecule has 0 spiro atoms. The number of Topliss-reactive ketones (excluding diaryl/α,β-unsaturated/α-hetero) is 1. The third-order valence-corrected chi connectivity index (χ3v) is 19.7. The normalized spacial score (nSPS) is 37.3. The lowest BCUT2D eigenvalue weighted by molar-refractivity contribution is -0.250. The Morgan fingerprint density at radius 1 is 0.926 bits per heavy atom. The number of aromatic nitrogens is 2. The van der Waals surface area contributed by atoms with Gasteiger partial charge in [0, 0.05) is 36.4 Å². The Kier molecular flexibility index (Phi) is 13.8. The van der Waals surface area contributed by atoms with Gasteiger partial charge in [-0.2, -0.15) is 0 Å². The predicted octanol–water partition coefficient (Wildman–Crippen LogP) is 9.43. The lowest BCUT2D eigenvalue weighted by Crippen LogP contribution is -2.66. The number of aromatic amines is 1. The molecule has 0 amide bonds. The van der Waals surface area contributed by atoms with Crippen LogP contribution in [0.4, 0.5) is 0 Å². The van der Waals surface area contributed by atoms with Gasteiger partial charge in [0.15, 0.2) is 6.04 Å². The van der Waals surface area contributed by atoms with Crippen molar-refractivity contribution in [2.45, 2.75) is 197 Å². The molecule has 68 heavy (non-hydrogen) atoms. The summed E-state index contributed by atoms with van der Waals surface area (Å²) in [7, 11) is 0. The van der Waals surface area contributed by atoms with Gasteiger partial charge in [-0.15, -0.1) is 0 Å². The molecule has 6 fully saturated rings. The number of esters is 2. The minimum atomic E-state index is -1.19. The Bertz CT molecular complexity index is 2360. The highest BCUT2D eigenvalue weighted by atomic mass is 16.6. The second-order valence-corrected chi connectivity index (χ2v) is 25.3. The van der Waals surface area contributed by atoms with E-state index in [0.29, 0.717) is 41.6 Å². The summed E-state index contributed by atoms with van der Waals surface area (Å²) in [5.74, 6) is 0.255. The number of nitrogens with zero attached hydrogens (tertiary/aromatic N) is 3. The monoisotopic (exact) mass is 947 g/mol. The highest BCUT2D eigenvalue weighted by Gasteiger charge is 2.71. The maximum Gasteiger partial charge on any atom is 0.330 e. The first-order valence-electron chi connectivity index (χ1n) is 25.3. The third-order valence-electron chi connectivity index (χ3n) is 19.7. The van der Waals surface area contributed by atoms with Gasteiger partial charge in [0.2, 0.25) is 4.91 Å². The summed E-state index contributed by atoms with van der Waals surface area (Å²) in [6, 6.07) is -0.647. The number of hydrogen-bond donors (Lipinski definition) is 3. The maximum absolute atomic E-state index is 14.5. The van der Waals surface area contributed by atoms with Crippen molar-refractivity contribution in [2.75, 3.05) is 6.61 Å². The summed E-state index contributed by atoms with van der Waals surface area (Å²) in [6.07, 6.45) is 10.6. The number of hydrogen-bond acceptors (Lipinski definition) is 11. The van der Waals surface area contributed by atoms with Crippen molar-refractivity contribution in [3.05, 3.63) is 44.8 Å². The van der Waals surface area contributed by atoms with Crippen LogP contribution in [-0.2, 0) is 33.4 Å². The minimum Gasteiger partial charge on any atom is -0.481 e. The fourth-order valence-electron chi connectivity index (χ4n) is 16.1. The number of H-pyrrole nitrogens is 1. The van der Waals surface area contributed by atoms with Gasteiger partial charge in [0.25, 0.3) is 5.56 Å². The zero-order valence-electron chi connectivity index (χ0n) is 42.8. The van der Waals surface area contributed by atoms with Crippen molar-refractivity contribution < 1.29 is 38.5 Å². The molecule has 13 atom stereocenters. The van der Waals surface area contributed by atoms with Gasteiger partial charge in [0.1, 0.15) is 41.5 Å². The van der Waals surface area contributed by atoms with Crippen molar-refractivity contribution >= 4 is 23.7 Å². The molecule has 2 heterocycles. The van der Waals surface area contributed by atoms with Crippen LogP contribution < -0.4 is 16.2 Å². The van der Waals surface area contributed by atoms with Gasteiger partial charge < -0.3 is 19.3 Å². The van der Waals surface area contributed by atoms with E-state index in [2.05, 4.69) is 63.1 Å². The fourth-order valence-corrected chi connectivity index (χ4v) is 16.1. The van der Waals surface area contributed by atoms with Gasteiger partial charge in [0.05, 0.1) is 18.3 Å². The SMILES string of the molecule is C=C(C)[C@@H]1CC[C@]2(CC(=O)CC(C)(C)CC(=O)OCC3OC(n4cc(C)c(=O)[nH]c4=O)CC3N=[N+]=N)CC[C@]3(C)[C@H](CC[C@@H]4[C@@]5(C)CC[C@H](OC(=O)CC(C)(C)C(=O)O)C(C)(C)[C@@H]5CC[C@]43C)[C@@H]12. The topological polar surface area (TPSA) is 221 Å². The molecule has 7 rings (SSSR count). The molecular formula is C53H80N5O10+. The molecule has 15 nitrogen and oxygen atoms in total. The van der Waals surface area contributed by atoms with Crippen LogP contribution in [0.5, 0.6) is 0 Å². The summed E-state index contributed by atoms with van der Waals surface area (Å²) in [5.41, 5.74) is 5.68. The summed E-state index contributed by atoms with van der Waals surface area (Å²) in [4.78, 5) is 82.9. The van der Waals surface area contributed by atoms with Crippen LogP contribution in [-0.4, -0.2) is 63.2 Å². The van der Waals surface area contributed by atoms with Crippen molar-refractivity contribution in [3.63, 3.8) is 0 Å². The highest BCUT2D eigenvalue weighted by Crippen LogP contribution is 2.78. The summed E-state index contributed by atoms with van der Waals surface area (Å²) >= 11 is 0. The largest absolute Gasteiger partial charge is 0.481 e. The predicted molar refractivity (Wildman–Crippen MR) is 254 cm³/mol. The van der Waals surface area contributed by atoms with E-state index in [9.17, 15) is 33.9 Å².